The van der Waals surface area contributed by atoms with Crippen LogP contribution in [0.1, 0.15) is 61.4 Å². The van der Waals surface area contributed by atoms with Crippen LogP contribution < -0.4 is 5.32 Å². The quantitative estimate of drug-likeness (QED) is 0.444. The van der Waals surface area contributed by atoms with Gasteiger partial charge in [-0.15, -0.1) is 5.10 Å². The van der Waals surface area contributed by atoms with Gasteiger partial charge >= 0.3 is 0 Å². The number of fused-ring (bicyclic) bond motifs is 3. The molecule has 1 atom stereocenters. The fourth-order valence-electron chi connectivity index (χ4n) is 6.05. The Morgan fingerprint density at radius 1 is 1.06 bits per heavy atom. The Labute approximate surface area is 211 Å². The molecule has 0 radical (unpaired) electrons. The fourth-order valence-corrected chi connectivity index (χ4v) is 6.23. The predicted molar refractivity (Wildman–Crippen MR) is 139 cm³/mol. The summed E-state index contributed by atoms with van der Waals surface area (Å²) in [5.74, 6) is -0.404. The summed E-state index contributed by atoms with van der Waals surface area (Å²) in [7, 11) is 0. The molecule has 6 rings (SSSR count). The van der Waals surface area contributed by atoms with Crippen molar-refractivity contribution in [2.75, 3.05) is 18.4 Å². The van der Waals surface area contributed by atoms with Gasteiger partial charge in [-0.05, 0) is 73.6 Å². The highest BCUT2D eigenvalue weighted by atomic mass is 35.5. The summed E-state index contributed by atoms with van der Waals surface area (Å²) < 4.78 is 15.8. The summed E-state index contributed by atoms with van der Waals surface area (Å²) >= 11 is 6.08. The van der Waals surface area contributed by atoms with Crippen LogP contribution >= 0.6 is 11.6 Å². The zero-order chi connectivity index (χ0) is 23.9. The number of anilines is 1. The van der Waals surface area contributed by atoms with Crippen LogP contribution in [0.3, 0.4) is 0 Å². The van der Waals surface area contributed by atoms with E-state index in [1.165, 1.54) is 48.4 Å². The first-order valence-electron chi connectivity index (χ1n) is 12.8. The first kappa shape index (κ1) is 22.7. The Balaban J connectivity index is 1.35. The average molecular weight is 492 g/mol. The molecule has 1 N–H and O–H groups in total. The van der Waals surface area contributed by atoms with E-state index in [-0.39, 0.29) is 11.1 Å². The Kier molecular flexibility index (Phi) is 6.11. The van der Waals surface area contributed by atoms with Crippen LogP contribution in [0.4, 0.5) is 10.1 Å². The second kappa shape index (κ2) is 9.40. The molecule has 3 heterocycles. The van der Waals surface area contributed by atoms with Gasteiger partial charge in [0, 0.05) is 36.9 Å². The van der Waals surface area contributed by atoms with Crippen molar-refractivity contribution in [3.63, 3.8) is 0 Å². The molecule has 182 valence electrons. The molecule has 7 heteroatoms. The molecule has 1 saturated carbocycles. The minimum atomic E-state index is -0.404. The van der Waals surface area contributed by atoms with Crippen molar-refractivity contribution in [3.05, 3.63) is 70.1 Å². The van der Waals surface area contributed by atoms with E-state index in [9.17, 15) is 4.39 Å². The minimum absolute atomic E-state index is 0.0479. The topological polar surface area (TPSA) is 46.0 Å². The Morgan fingerprint density at radius 3 is 2.69 bits per heavy atom. The van der Waals surface area contributed by atoms with E-state index in [0.29, 0.717) is 0 Å². The molecule has 0 saturated heterocycles. The third kappa shape index (κ3) is 4.38. The van der Waals surface area contributed by atoms with Crippen LogP contribution in [0.25, 0.3) is 16.8 Å². The van der Waals surface area contributed by atoms with Gasteiger partial charge < -0.3 is 5.32 Å². The third-order valence-electron chi connectivity index (χ3n) is 7.93. The van der Waals surface area contributed by atoms with Crippen LogP contribution in [0.2, 0.25) is 5.02 Å². The first-order chi connectivity index (χ1) is 17.1. The number of hydrogen-bond donors (Lipinski definition) is 1. The minimum Gasteiger partial charge on any atom is -0.378 e. The second-order valence-electron chi connectivity index (χ2n) is 10.1. The summed E-state index contributed by atoms with van der Waals surface area (Å²) in [6, 6.07) is 12.5. The van der Waals surface area contributed by atoms with Crippen LogP contribution in [0.5, 0.6) is 0 Å². The van der Waals surface area contributed by atoms with Gasteiger partial charge in [0.1, 0.15) is 5.82 Å². The van der Waals surface area contributed by atoms with E-state index in [4.69, 9.17) is 11.6 Å². The summed E-state index contributed by atoms with van der Waals surface area (Å²) in [5, 5.41) is 12.5. The maximum absolute atomic E-state index is 13.8. The standard InChI is InChI=1S/C28H31ClFN5/c1-18-28-23-8-6-20(19-10-13-34(14-11-19)22-4-2-3-5-22)16-24(23)27(12-15-35(28)33-32-18)31-21-7-9-26(30)25(29)17-21/h6-10,16-17,22,27,31H,2-5,11-15H2,1H3. The summed E-state index contributed by atoms with van der Waals surface area (Å²) in [6.07, 6.45) is 9.81. The normalized spacial score (nSPS) is 20.8. The second-order valence-corrected chi connectivity index (χ2v) is 10.5. The van der Waals surface area contributed by atoms with Gasteiger partial charge in [-0.3, -0.25) is 4.90 Å². The number of hydrogen-bond acceptors (Lipinski definition) is 4. The van der Waals surface area contributed by atoms with Crippen molar-refractivity contribution in [3.8, 4) is 11.3 Å². The molecular formula is C28H31ClFN5. The number of benzene rings is 2. The van der Waals surface area contributed by atoms with Crippen molar-refractivity contribution in [2.45, 2.75) is 64.1 Å². The van der Waals surface area contributed by atoms with Crippen LogP contribution in [-0.4, -0.2) is 39.0 Å². The average Bonchev–Trinajstić information content (AvgIpc) is 3.51. The van der Waals surface area contributed by atoms with Gasteiger partial charge in [-0.25, -0.2) is 9.07 Å². The maximum atomic E-state index is 13.8. The zero-order valence-corrected chi connectivity index (χ0v) is 20.9. The van der Waals surface area contributed by atoms with E-state index in [2.05, 4.69) is 44.8 Å². The molecular weight excluding hydrogens is 461 g/mol. The Hall–Kier alpha value is -2.70. The molecule has 3 aliphatic rings. The lowest BCUT2D eigenvalue weighted by Gasteiger charge is -2.32. The molecule has 1 aromatic heterocycles. The van der Waals surface area contributed by atoms with Crippen LogP contribution in [0, 0.1) is 12.7 Å². The van der Waals surface area contributed by atoms with Crippen LogP contribution in [0.15, 0.2) is 42.5 Å². The van der Waals surface area contributed by atoms with E-state index in [0.717, 1.165) is 61.2 Å². The van der Waals surface area contributed by atoms with Crippen molar-refractivity contribution in [1.82, 2.24) is 19.9 Å². The lowest BCUT2D eigenvalue weighted by Crippen LogP contribution is -2.36. The van der Waals surface area contributed by atoms with E-state index in [1.807, 2.05) is 11.6 Å². The SMILES string of the molecule is Cc1nnn2c1-c1ccc(C3=CCN(C4CCCC4)CC3)cc1C(Nc1ccc(F)c(Cl)c1)CC2. The maximum Gasteiger partial charge on any atom is 0.141 e. The van der Waals surface area contributed by atoms with Gasteiger partial charge in [0.2, 0.25) is 0 Å². The summed E-state index contributed by atoms with van der Waals surface area (Å²) in [6.45, 7) is 4.96. The molecule has 1 aliphatic carbocycles. The Morgan fingerprint density at radius 2 is 1.91 bits per heavy atom. The number of nitrogens with one attached hydrogen (secondary N) is 1. The number of rotatable bonds is 4. The molecule has 1 unspecified atom stereocenters. The fraction of sp³-hybridized carbons (Fsp3) is 0.429. The highest BCUT2D eigenvalue weighted by molar-refractivity contribution is 6.31. The molecule has 2 aromatic carbocycles. The lowest BCUT2D eigenvalue weighted by molar-refractivity contribution is 0.219. The number of nitrogens with zero attached hydrogens (tertiary/aromatic N) is 4. The number of aromatic nitrogens is 3. The Bertz CT molecular complexity index is 1280. The molecule has 0 spiro atoms. The van der Waals surface area contributed by atoms with Gasteiger partial charge in [0.05, 0.1) is 22.5 Å². The highest BCUT2D eigenvalue weighted by Gasteiger charge is 2.28. The molecule has 35 heavy (non-hydrogen) atoms. The molecule has 0 bridgehead atoms. The van der Waals surface area contributed by atoms with Gasteiger partial charge in [0.15, 0.2) is 0 Å². The zero-order valence-electron chi connectivity index (χ0n) is 20.1. The number of aryl methyl sites for hydroxylation is 2. The van der Waals surface area contributed by atoms with Crippen LogP contribution in [-0.2, 0) is 6.54 Å². The molecule has 5 nitrogen and oxygen atoms in total. The lowest BCUT2D eigenvalue weighted by atomic mass is 9.90. The third-order valence-corrected chi connectivity index (χ3v) is 8.22. The molecule has 2 aliphatic heterocycles. The largest absolute Gasteiger partial charge is 0.378 e. The van der Waals surface area contributed by atoms with Gasteiger partial charge in [-0.2, -0.15) is 0 Å². The summed E-state index contributed by atoms with van der Waals surface area (Å²) in [4.78, 5) is 2.66. The van der Waals surface area contributed by atoms with E-state index < -0.39 is 5.82 Å². The molecule has 0 amide bonds. The smallest absolute Gasteiger partial charge is 0.141 e. The number of halogens is 2. The molecule has 3 aromatic rings. The van der Waals surface area contributed by atoms with Gasteiger partial charge in [0.25, 0.3) is 0 Å². The first-order valence-corrected chi connectivity index (χ1v) is 13.1. The molecule has 1 fully saturated rings. The van der Waals surface area contributed by atoms with Crippen molar-refractivity contribution in [1.29, 1.82) is 0 Å². The monoisotopic (exact) mass is 491 g/mol. The summed E-state index contributed by atoms with van der Waals surface area (Å²) in [5.41, 5.74) is 7.94. The van der Waals surface area contributed by atoms with E-state index >= 15 is 0 Å². The van der Waals surface area contributed by atoms with Crippen molar-refractivity contribution < 1.29 is 4.39 Å². The predicted octanol–water partition coefficient (Wildman–Crippen LogP) is 6.63. The van der Waals surface area contributed by atoms with Crippen molar-refractivity contribution in [2.24, 2.45) is 0 Å². The highest BCUT2D eigenvalue weighted by Crippen LogP contribution is 2.39. The van der Waals surface area contributed by atoms with Crippen molar-refractivity contribution >= 4 is 22.9 Å². The van der Waals surface area contributed by atoms with Gasteiger partial charge in [-0.1, -0.05) is 47.9 Å². The van der Waals surface area contributed by atoms with E-state index in [1.54, 1.807) is 12.1 Å².